The normalized spacial score (nSPS) is 27.4. The van der Waals surface area contributed by atoms with Gasteiger partial charge in [0.1, 0.15) is 5.76 Å². The van der Waals surface area contributed by atoms with Crippen molar-refractivity contribution in [1.82, 2.24) is 4.90 Å². The lowest BCUT2D eigenvalue weighted by Crippen LogP contribution is -2.54. The summed E-state index contributed by atoms with van der Waals surface area (Å²) in [5.74, 6) is -0.548. The highest BCUT2D eigenvalue weighted by molar-refractivity contribution is 6.33. The van der Waals surface area contributed by atoms with Gasteiger partial charge >= 0.3 is 6.18 Å². The number of allylic oxidation sites excluding steroid dienone is 2. The minimum Gasteiger partial charge on any atom is -0.453 e. The average Bonchev–Trinajstić information content (AvgIpc) is 3.62. The Morgan fingerprint density at radius 2 is 1.83 bits per heavy atom. The van der Waals surface area contributed by atoms with Gasteiger partial charge in [0, 0.05) is 36.2 Å². The number of nitrogens with zero attached hydrogens (tertiary/aromatic N) is 1. The van der Waals surface area contributed by atoms with Gasteiger partial charge in [0.15, 0.2) is 5.76 Å². The van der Waals surface area contributed by atoms with Gasteiger partial charge in [-0.1, -0.05) is 42.3 Å². The summed E-state index contributed by atoms with van der Waals surface area (Å²) < 4.78 is 52.0. The van der Waals surface area contributed by atoms with Crippen molar-refractivity contribution in [3.63, 3.8) is 0 Å². The number of hydrogen-bond donors (Lipinski definition) is 2. The Morgan fingerprint density at radius 3 is 2.58 bits per heavy atom. The maximum atomic E-state index is 14.4. The monoisotopic (exact) mass is 685 g/mol. The van der Waals surface area contributed by atoms with Crippen LogP contribution in [0.1, 0.15) is 91.1 Å². The quantitative estimate of drug-likeness (QED) is 0.208. The van der Waals surface area contributed by atoms with Crippen molar-refractivity contribution < 1.29 is 37.3 Å². The molecule has 0 radical (unpaired) electrons. The summed E-state index contributed by atoms with van der Waals surface area (Å²) in [4.78, 5) is 16.6. The van der Waals surface area contributed by atoms with E-state index < -0.39 is 34.6 Å². The molecule has 4 atom stereocenters. The topological polar surface area (TPSA) is 83.1 Å². The van der Waals surface area contributed by atoms with Gasteiger partial charge in [-0.05, 0) is 105 Å². The van der Waals surface area contributed by atoms with Gasteiger partial charge in [-0.15, -0.1) is 0 Å². The Hall–Kier alpha value is -2.95. The van der Waals surface area contributed by atoms with Crippen molar-refractivity contribution in [3.8, 4) is 11.3 Å². The second-order valence-corrected chi connectivity index (χ2v) is 14.4. The largest absolute Gasteiger partial charge is 0.453 e. The minimum absolute atomic E-state index is 0.0274. The molecule has 4 aliphatic rings. The van der Waals surface area contributed by atoms with Crippen LogP contribution in [-0.4, -0.2) is 65.4 Å². The number of benzene rings is 2. The Kier molecular flexibility index (Phi) is 10.00. The molecule has 10 heteroatoms. The van der Waals surface area contributed by atoms with E-state index in [0.717, 1.165) is 49.2 Å². The fraction of sp³-hybridized carbons (Fsp3) is 0.500. The van der Waals surface area contributed by atoms with Crippen LogP contribution in [0.2, 0.25) is 5.02 Å². The SMILES string of the molecule is CC1=CCC[C@@]2(C)[C@@H](CC[C@@]2(O)CN2CCOCC2)c2ccc(cc2C(=O)c2ccc(-c3cc(C(F)(F)F)ccc3Cl)o2)C[C@@H](O)CC1. The highest BCUT2D eigenvalue weighted by atomic mass is 35.5. The summed E-state index contributed by atoms with van der Waals surface area (Å²) in [5.41, 5.74) is 0.783. The molecule has 48 heavy (non-hydrogen) atoms. The molecule has 6 nitrogen and oxygen atoms in total. The number of halogens is 4. The fourth-order valence-corrected chi connectivity index (χ4v) is 8.16. The summed E-state index contributed by atoms with van der Waals surface area (Å²) >= 11 is 6.29. The summed E-state index contributed by atoms with van der Waals surface area (Å²) in [7, 11) is 0. The number of carbonyl (C=O) groups excluding carboxylic acids is 1. The zero-order valence-electron chi connectivity index (χ0n) is 27.4. The van der Waals surface area contributed by atoms with Crippen LogP contribution >= 0.6 is 11.6 Å². The number of alkyl halides is 3. The standard InChI is InChI=1S/C38H43ClF3NO5/c1-24-4-3-14-36(2)31(13-15-37(36,46)23-43-16-18-47-19-17-43)28-9-6-25(20-27(44)8-5-24)21-29(28)35(45)34-12-11-33(48-34)30-22-26(38(40,41)42)7-10-32(30)39/h4,6-7,9-12,21-22,27,31,44,46H,3,5,8,13-20,23H2,1-2H3/t27-,31-,36-,37+/m0/s1. The van der Waals surface area contributed by atoms with Gasteiger partial charge in [0.05, 0.1) is 35.5 Å². The molecule has 2 fully saturated rings. The lowest BCUT2D eigenvalue weighted by molar-refractivity contribution is -0.137. The van der Waals surface area contributed by atoms with Crippen molar-refractivity contribution in [1.29, 1.82) is 0 Å². The van der Waals surface area contributed by atoms with Crippen LogP contribution in [0.15, 0.2) is 64.6 Å². The Morgan fingerprint density at radius 1 is 1.06 bits per heavy atom. The van der Waals surface area contributed by atoms with Crippen LogP contribution in [0.4, 0.5) is 13.2 Å². The third-order valence-electron chi connectivity index (χ3n) is 10.9. The molecule has 3 aliphatic carbocycles. The van der Waals surface area contributed by atoms with E-state index in [4.69, 9.17) is 20.8 Å². The number of ether oxygens (including phenoxy) is 1. The van der Waals surface area contributed by atoms with Gasteiger partial charge in [0.25, 0.3) is 0 Å². The lowest BCUT2D eigenvalue weighted by atomic mass is 9.64. The van der Waals surface area contributed by atoms with Gasteiger partial charge < -0.3 is 19.4 Å². The van der Waals surface area contributed by atoms with E-state index >= 15 is 0 Å². The number of aliphatic hydroxyl groups is 2. The maximum Gasteiger partial charge on any atom is 0.416 e. The predicted molar refractivity (Wildman–Crippen MR) is 178 cm³/mol. The molecule has 2 bridgehead atoms. The molecule has 1 saturated heterocycles. The first-order valence-electron chi connectivity index (χ1n) is 16.8. The first kappa shape index (κ1) is 34.9. The molecule has 0 unspecified atom stereocenters. The number of furan rings is 1. The summed E-state index contributed by atoms with van der Waals surface area (Å²) in [6, 6.07) is 11.6. The Labute approximate surface area is 284 Å². The second-order valence-electron chi connectivity index (χ2n) is 14.0. The molecule has 0 spiro atoms. The molecule has 1 aromatic heterocycles. The van der Waals surface area contributed by atoms with Crippen molar-refractivity contribution in [2.75, 3.05) is 32.8 Å². The second kappa shape index (κ2) is 13.8. The van der Waals surface area contributed by atoms with Crippen molar-refractivity contribution in [2.24, 2.45) is 5.41 Å². The van der Waals surface area contributed by atoms with Crippen LogP contribution in [0.5, 0.6) is 0 Å². The highest BCUT2D eigenvalue weighted by Crippen LogP contribution is 2.59. The van der Waals surface area contributed by atoms with E-state index in [1.807, 2.05) is 18.2 Å². The van der Waals surface area contributed by atoms with E-state index in [1.54, 1.807) is 0 Å². The fourth-order valence-electron chi connectivity index (χ4n) is 7.95. The molecule has 0 amide bonds. The van der Waals surface area contributed by atoms with Crippen molar-refractivity contribution in [3.05, 3.63) is 93.2 Å². The van der Waals surface area contributed by atoms with Crippen molar-refractivity contribution >= 4 is 17.4 Å². The smallest absolute Gasteiger partial charge is 0.416 e. The molecule has 2 aromatic carbocycles. The van der Waals surface area contributed by atoms with Crippen LogP contribution in [0.3, 0.4) is 0 Å². The third kappa shape index (κ3) is 7.03. The number of morpholine rings is 1. The number of rotatable bonds is 5. The zero-order chi connectivity index (χ0) is 34.3. The molecule has 258 valence electrons. The number of β-amino-alcohol motifs (C(OH)–C–C–N with tert-alkyl or cyclic N) is 1. The highest BCUT2D eigenvalue weighted by Gasteiger charge is 2.57. The average molecular weight is 686 g/mol. The van der Waals surface area contributed by atoms with Crippen LogP contribution in [-0.2, 0) is 17.3 Å². The van der Waals surface area contributed by atoms with Crippen molar-refractivity contribution in [2.45, 2.75) is 82.6 Å². The molecule has 7 rings (SSSR count). The molecule has 1 aliphatic heterocycles. The minimum atomic E-state index is -4.57. The molecule has 2 N–H and O–H groups in total. The number of ketones is 1. The van der Waals surface area contributed by atoms with E-state index in [2.05, 4.69) is 24.8 Å². The van der Waals surface area contributed by atoms with E-state index in [1.165, 1.54) is 23.8 Å². The van der Waals surface area contributed by atoms with Gasteiger partial charge in [0.2, 0.25) is 5.78 Å². The van der Waals surface area contributed by atoms with Crippen LogP contribution in [0, 0.1) is 5.41 Å². The summed E-state index contributed by atoms with van der Waals surface area (Å²) in [6.45, 7) is 7.49. The van der Waals surface area contributed by atoms with Crippen LogP contribution in [0.25, 0.3) is 11.3 Å². The lowest BCUT2D eigenvalue weighted by Gasteiger charge is -2.46. The maximum absolute atomic E-state index is 14.4. The van der Waals surface area contributed by atoms with E-state index in [9.17, 15) is 28.2 Å². The molecule has 1 saturated carbocycles. The number of aliphatic hydroxyl groups excluding tert-OH is 1. The first-order chi connectivity index (χ1) is 22.8. The Balaban J connectivity index is 1.41. The van der Waals surface area contributed by atoms with Crippen LogP contribution < -0.4 is 0 Å². The summed E-state index contributed by atoms with van der Waals surface area (Å²) in [6.07, 6.45) is 1.42. The Bertz CT molecular complexity index is 1680. The summed E-state index contributed by atoms with van der Waals surface area (Å²) in [5, 5.41) is 23.5. The first-order valence-corrected chi connectivity index (χ1v) is 17.2. The molecule has 2 heterocycles. The third-order valence-corrected chi connectivity index (χ3v) is 11.2. The van der Waals surface area contributed by atoms with E-state index in [0.29, 0.717) is 57.4 Å². The molecular formula is C38H43ClF3NO5. The van der Waals surface area contributed by atoms with Gasteiger partial charge in [-0.2, -0.15) is 13.2 Å². The number of hydrogen-bond acceptors (Lipinski definition) is 6. The van der Waals surface area contributed by atoms with Gasteiger partial charge in [-0.25, -0.2) is 0 Å². The predicted octanol–water partition coefficient (Wildman–Crippen LogP) is 8.22. The zero-order valence-corrected chi connectivity index (χ0v) is 28.2. The number of carbonyl (C=O) groups is 1. The van der Waals surface area contributed by atoms with Gasteiger partial charge in [-0.3, -0.25) is 9.69 Å². The molecule has 3 aromatic rings. The molecular weight excluding hydrogens is 643 g/mol. The van der Waals surface area contributed by atoms with E-state index in [-0.39, 0.29) is 28.0 Å². The number of fused-ring (bicyclic) bond motifs is 8.